The third kappa shape index (κ3) is 10.5. The van der Waals surface area contributed by atoms with E-state index in [-0.39, 0.29) is 82.6 Å². The molecule has 0 N–H and O–H groups in total. The normalized spacial score (nSPS) is 28.7. The zero-order valence-electron chi connectivity index (χ0n) is 42.0. The van der Waals surface area contributed by atoms with Crippen LogP contribution in [0.4, 0.5) is 92.2 Å². The van der Waals surface area contributed by atoms with Crippen molar-refractivity contribution in [2.45, 2.75) is 155 Å². The second kappa shape index (κ2) is 22.5. The average Bonchev–Trinajstić information content (AvgIpc) is 3.71. The molecule has 3 fully saturated rings. The van der Waals surface area contributed by atoms with Crippen molar-refractivity contribution in [3.05, 3.63) is 0 Å². The Morgan fingerprint density at radius 3 is 0.500 bits per heavy atom. The fraction of sp³-hybridized carbons (Fsp3) is 0.786. The van der Waals surface area contributed by atoms with Gasteiger partial charge in [0.15, 0.2) is 0 Å². The second-order valence-corrected chi connectivity index (χ2v) is 20.7. The maximum atomic E-state index is 13.9. The van der Waals surface area contributed by atoms with Crippen molar-refractivity contribution in [3.63, 3.8) is 0 Å². The van der Waals surface area contributed by atoms with E-state index in [0.717, 1.165) is 20.8 Å². The fourth-order valence-electron chi connectivity index (χ4n) is 9.98. The Labute approximate surface area is 501 Å². The van der Waals surface area contributed by atoms with Crippen LogP contribution in [-0.4, -0.2) is 107 Å². The quantitative estimate of drug-likeness (QED) is 0.168. The Morgan fingerprint density at radius 1 is 0.275 bits per heavy atom. The van der Waals surface area contributed by atoms with Gasteiger partial charge in [0.2, 0.25) is 17.3 Å². The van der Waals surface area contributed by atoms with Gasteiger partial charge in [-0.05, 0) is 54.8 Å². The van der Waals surface area contributed by atoms with Crippen molar-refractivity contribution in [2.24, 2.45) is 48.7 Å². The van der Waals surface area contributed by atoms with Gasteiger partial charge in [0.1, 0.15) is 0 Å². The first-order valence-corrected chi connectivity index (χ1v) is 21.2. The molecular weight excluding hydrogens is 1430 g/mol. The monoisotopic (exact) mass is 1460 g/mol. The number of ketones is 3. The number of alkyl halides is 21. The fourth-order valence-corrected chi connectivity index (χ4v) is 9.98. The third-order valence-electron chi connectivity index (χ3n) is 17.0. The topological polar surface area (TPSA) is 292 Å². The van der Waals surface area contributed by atoms with E-state index in [1.54, 1.807) is 0 Å². The minimum Gasteiger partial charge on any atom is -0.550 e. The van der Waals surface area contributed by atoms with E-state index in [0.29, 0.717) is 41.5 Å². The molecule has 0 saturated heterocycles. The molecule has 6 atom stereocenters. The molecular formula is C42H39F21O15Pr2. The molecule has 3 aliphatic carbocycles. The van der Waals surface area contributed by atoms with E-state index in [1.165, 1.54) is 0 Å². The molecule has 0 bridgehead atoms. The van der Waals surface area contributed by atoms with Crippen LogP contribution < -0.4 is 30.6 Å². The molecule has 0 heterocycles. The Morgan fingerprint density at radius 2 is 0.412 bits per heavy atom. The third-order valence-corrected chi connectivity index (χ3v) is 17.0. The number of halogens is 21. The number of carbonyl (C=O) groups excluding carboxylic acids is 9. The van der Waals surface area contributed by atoms with Crippen molar-refractivity contribution in [2.75, 3.05) is 0 Å². The van der Waals surface area contributed by atoms with Crippen LogP contribution in [0.3, 0.4) is 0 Å². The average molecular weight is 1460 g/mol. The number of hydrogen-bond acceptors (Lipinski definition) is 15. The number of hydrogen-bond donors (Lipinski definition) is 0. The van der Waals surface area contributed by atoms with Crippen LogP contribution >= 0.6 is 0 Å². The predicted molar refractivity (Wildman–Crippen MR) is 194 cm³/mol. The van der Waals surface area contributed by atoms with Gasteiger partial charge >= 0.3 is 137 Å². The second-order valence-electron chi connectivity index (χ2n) is 20.7. The molecule has 0 aromatic rings. The molecule has 3 aliphatic rings. The van der Waals surface area contributed by atoms with E-state index in [1.807, 2.05) is 0 Å². The van der Waals surface area contributed by atoms with E-state index in [9.17, 15) is 166 Å². The molecule has 0 aliphatic heterocycles. The summed E-state index contributed by atoms with van der Waals surface area (Å²) in [5, 5.41) is 68.5. The molecule has 450 valence electrons. The van der Waals surface area contributed by atoms with Crippen LogP contribution in [0, 0.1) is 131 Å². The Balaban J connectivity index is 0. The SMILES string of the molecule is CC1(C(=O)[O-])CCC(C(=O)[O-])(C(=O)C(F)(F)C(F)(F)C(F)(F)F)C1(C)C.CC1(C(=O)[O-])CCC(C(=O)[O-])(C(=O)C(F)(F)C(F)(F)C(F)(F)F)C1(C)C.CC1(C(=O)[O-])CCC(C(=O)[O-])(C(=O)C(F)(F)C(F)(F)C(F)(F)F)C1(C)C.[Pr+3].[Pr+3]. The van der Waals surface area contributed by atoms with Gasteiger partial charge in [-0.1, -0.05) is 62.3 Å². The van der Waals surface area contributed by atoms with Crippen molar-refractivity contribution >= 4 is 53.2 Å². The molecule has 0 spiro atoms. The minimum atomic E-state index is -6.88. The number of carboxylic acid groups (broad SMARTS) is 6. The van der Waals surface area contributed by atoms with Crippen molar-refractivity contribution < 1.29 is 249 Å². The molecule has 0 radical (unpaired) electrons. The van der Waals surface area contributed by atoms with Crippen LogP contribution in [0.1, 0.15) is 101 Å². The first-order chi connectivity index (χ1) is 33.7. The van der Waals surface area contributed by atoms with Gasteiger partial charge in [-0.25, -0.2) is 0 Å². The summed E-state index contributed by atoms with van der Waals surface area (Å²) in [6.07, 6.45) is -26.7. The van der Waals surface area contributed by atoms with Crippen molar-refractivity contribution in [3.8, 4) is 0 Å². The van der Waals surface area contributed by atoms with Gasteiger partial charge in [-0.3, -0.25) is 14.4 Å². The van der Waals surface area contributed by atoms with E-state index in [4.69, 9.17) is 0 Å². The van der Waals surface area contributed by atoms with Gasteiger partial charge in [0.05, 0.1) is 34.2 Å². The summed E-state index contributed by atoms with van der Waals surface area (Å²) in [4.78, 5) is 105. The van der Waals surface area contributed by atoms with E-state index < -0.39 is 194 Å². The largest absolute Gasteiger partial charge is 3.00 e. The number of rotatable bonds is 15. The molecule has 80 heavy (non-hydrogen) atoms. The first kappa shape index (κ1) is 79.2. The maximum Gasteiger partial charge on any atom is 3.00 e. The summed E-state index contributed by atoms with van der Waals surface area (Å²) in [7, 11) is 0. The smallest absolute Gasteiger partial charge is 0.550 e. The number of aliphatic carboxylic acids is 6. The summed E-state index contributed by atoms with van der Waals surface area (Å²) in [5.74, 6) is -63.8. The van der Waals surface area contributed by atoms with Gasteiger partial charge in [0.25, 0.3) is 0 Å². The number of carboxylic acids is 6. The predicted octanol–water partition coefficient (Wildman–Crippen LogP) is 2.10. The first-order valence-electron chi connectivity index (χ1n) is 21.2. The minimum absolute atomic E-state index is 0. The van der Waals surface area contributed by atoms with E-state index >= 15 is 0 Å². The molecule has 15 nitrogen and oxygen atoms in total. The van der Waals surface area contributed by atoms with Crippen LogP contribution in [0.25, 0.3) is 0 Å². The van der Waals surface area contributed by atoms with Gasteiger partial charge in [-0.2, -0.15) is 92.2 Å². The maximum absolute atomic E-state index is 13.9. The summed E-state index contributed by atoms with van der Waals surface area (Å²) in [6.45, 7) is 6.57. The van der Waals surface area contributed by atoms with Gasteiger partial charge in [-0.15, -0.1) is 0 Å². The molecule has 6 unspecified atom stereocenters. The molecule has 3 saturated carbocycles. The summed E-state index contributed by atoms with van der Waals surface area (Å²) in [6, 6.07) is 0. The van der Waals surface area contributed by atoms with Crippen LogP contribution in [0.15, 0.2) is 0 Å². The molecule has 0 aromatic carbocycles. The van der Waals surface area contributed by atoms with Crippen molar-refractivity contribution in [1.82, 2.24) is 0 Å². The van der Waals surface area contributed by atoms with Crippen LogP contribution in [0.2, 0.25) is 0 Å². The van der Waals surface area contributed by atoms with E-state index in [2.05, 4.69) is 0 Å². The summed E-state index contributed by atoms with van der Waals surface area (Å²) >= 11 is 0. The number of Topliss-reactive ketones (excluding diaryl/α,β-unsaturated/α-hetero) is 3. The molecule has 3 rings (SSSR count). The Bertz CT molecular complexity index is 2240. The van der Waals surface area contributed by atoms with Gasteiger partial charge < -0.3 is 59.4 Å². The van der Waals surface area contributed by atoms with Gasteiger partial charge in [0, 0.05) is 34.2 Å². The summed E-state index contributed by atoms with van der Waals surface area (Å²) in [5.41, 5.74) is -25.3. The molecule has 0 aromatic heterocycles. The zero-order chi connectivity index (χ0) is 63.4. The molecule has 38 heteroatoms. The van der Waals surface area contributed by atoms with Crippen LogP contribution in [0.5, 0.6) is 0 Å². The Hall–Kier alpha value is -2.91. The Kier molecular flexibility index (Phi) is 22.3. The summed E-state index contributed by atoms with van der Waals surface area (Å²) < 4.78 is 273. The number of carbonyl (C=O) groups is 9. The van der Waals surface area contributed by atoms with Crippen molar-refractivity contribution in [1.29, 1.82) is 0 Å². The standard InChI is InChI=1S/3C14H15F7O5.2Pr/c3*1-9(2)10(3,7(23)24)4-5-11(9,8(25)26)6(22)12(15,16)13(17,18)14(19,20)21;;/h3*4-5H2,1-3H3,(H,23,24)(H,25,26);;/q;;;2*+3/p-6. The zero-order valence-corrected chi connectivity index (χ0v) is 49.4. The van der Waals surface area contributed by atoms with Crippen LogP contribution in [-0.2, 0) is 43.2 Å². The molecule has 0 amide bonds.